The van der Waals surface area contributed by atoms with E-state index in [1.807, 2.05) is 6.92 Å². The van der Waals surface area contributed by atoms with Crippen molar-refractivity contribution in [3.63, 3.8) is 0 Å². The van der Waals surface area contributed by atoms with Crippen LogP contribution in [0.25, 0.3) is 0 Å². The maximum atomic E-state index is 13.0. The maximum Gasteiger partial charge on any atom is 0.339 e. The highest BCUT2D eigenvalue weighted by Crippen LogP contribution is 2.37. The largest absolute Gasteiger partial charge is 0.490 e. The van der Waals surface area contributed by atoms with Gasteiger partial charge >= 0.3 is 5.97 Å². The van der Waals surface area contributed by atoms with Gasteiger partial charge in [-0.1, -0.05) is 18.1 Å². The molecule has 0 aliphatic heterocycles. The number of esters is 1. The second kappa shape index (κ2) is 9.09. The number of halogens is 2. The van der Waals surface area contributed by atoms with E-state index in [0.717, 1.165) is 5.56 Å². The second-order valence-corrected chi connectivity index (χ2v) is 5.77. The van der Waals surface area contributed by atoms with Crippen molar-refractivity contribution in [2.75, 3.05) is 13.2 Å². The summed E-state index contributed by atoms with van der Waals surface area (Å²) >= 11 is 3.38. The molecule has 0 N–H and O–H groups in total. The molecule has 6 heteroatoms. The molecule has 4 nitrogen and oxygen atoms in total. The quantitative estimate of drug-likeness (QED) is 0.506. The third-order valence-electron chi connectivity index (χ3n) is 3.13. The summed E-state index contributed by atoms with van der Waals surface area (Å²) < 4.78 is 29.8. The van der Waals surface area contributed by atoms with Gasteiger partial charge in [-0.3, -0.25) is 0 Å². The molecule has 0 amide bonds. The number of terminal acetylenes is 1. The average Bonchev–Trinajstić information content (AvgIpc) is 2.60. The van der Waals surface area contributed by atoms with Gasteiger partial charge in [0.05, 0.1) is 16.6 Å². The summed E-state index contributed by atoms with van der Waals surface area (Å²) in [6, 6.07) is 9.10. The minimum atomic E-state index is -0.551. The van der Waals surface area contributed by atoms with Crippen molar-refractivity contribution in [1.82, 2.24) is 0 Å². The zero-order valence-corrected chi connectivity index (χ0v) is 15.1. The van der Waals surface area contributed by atoms with Gasteiger partial charge in [0.25, 0.3) is 0 Å². The van der Waals surface area contributed by atoms with Crippen LogP contribution in [0, 0.1) is 18.2 Å². The molecule has 0 aliphatic carbocycles. The zero-order valence-electron chi connectivity index (χ0n) is 13.6. The Morgan fingerprint density at radius 1 is 1.24 bits per heavy atom. The minimum absolute atomic E-state index is 0.108. The summed E-state index contributed by atoms with van der Waals surface area (Å²) in [7, 11) is 0. The lowest BCUT2D eigenvalue weighted by Crippen LogP contribution is -2.07. The number of rotatable bonds is 7. The SMILES string of the molecule is C#CCOC(=O)c1cc(Br)c(OCc2ccc(F)cc2)c(OCC)c1. The standard InChI is InChI=1S/C19H16BrFO4/c1-3-9-24-19(22)14-10-16(20)18(17(11-14)23-4-2)25-12-13-5-7-15(21)8-6-13/h1,5-8,10-11H,4,9,12H2,2H3. The van der Waals surface area contributed by atoms with E-state index in [2.05, 4.69) is 21.9 Å². The molecule has 2 aromatic rings. The summed E-state index contributed by atoms with van der Waals surface area (Å²) in [5, 5.41) is 0. The van der Waals surface area contributed by atoms with Crippen LogP contribution in [0.2, 0.25) is 0 Å². The first-order valence-corrected chi connectivity index (χ1v) is 8.28. The smallest absolute Gasteiger partial charge is 0.339 e. The molecule has 0 heterocycles. The first-order valence-electron chi connectivity index (χ1n) is 7.49. The summed E-state index contributed by atoms with van der Waals surface area (Å²) in [5.41, 5.74) is 1.09. The van der Waals surface area contributed by atoms with Gasteiger partial charge in [-0.25, -0.2) is 9.18 Å². The zero-order chi connectivity index (χ0) is 18.2. The van der Waals surface area contributed by atoms with Crippen molar-refractivity contribution in [2.45, 2.75) is 13.5 Å². The molecular formula is C19H16BrFO4. The van der Waals surface area contributed by atoms with Gasteiger partial charge < -0.3 is 14.2 Å². The fourth-order valence-corrected chi connectivity index (χ4v) is 2.57. The summed E-state index contributed by atoms with van der Waals surface area (Å²) in [5.74, 6) is 2.22. The molecule has 0 aliphatic rings. The lowest BCUT2D eigenvalue weighted by molar-refractivity contribution is 0.0556. The maximum absolute atomic E-state index is 13.0. The molecule has 0 saturated carbocycles. The van der Waals surface area contributed by atoms with E-state index < -0.39 is 5.97 Å². The Bertz CT molecular complexity index is 781. The number of carbonyl (C=O) groups is 1. The third kappa shape index (κ3) is 5.23. The minimum Gasteiger partial charge on any atom is -0.490 e. The topological polar surface area (TPSA) is 44.8 Å². The predicted molar refractivity (Wildman–Crippen MR) is 95.2 cm³/mol. The molecule has 0 saturated heterocycles. The van der Waals surface area contributed by atoms with Crippen LogP contribution < -0.4 is 9.47 Å². The Hall–Kier alpha value is -2.52. The first kappa shape index (κ1) is 18.8. The summed E-state index contributed by atoms with van der Waals surface area (Å²) in [6.07, 6.45) is 5.09. The van der Waals surface area contributed by atoms with E-state index in [1.165, 1.54) is 18.2 Å². The molecule has 25 heavy (non-hydrogen) atoms. The monoisotopic (exact) mass is 406 g/mol. The van der Waals surface area contributed by atoms with E-state index in [1.54, 1.807) is 18.2 Å². The van der Waals surface area contributed by atoms with E-state index in [4.69, 9.17) is 20.6 Å². The van der Waals surface area contributed by atoms with Crippen LogP contribution in [0.5, 0.6) is 11.5 Å². The van der Waals surface area contributed by atoms with E-state index in [0.29, 0.717) is 28.1 Å². The van der Waals surface area contributed by atoms with Crippen molar-refractivity contribution in [1.29, 1.82) is 0 Å². The third-order valence-corrected chi connectivity index (χ3v) is 3.72. The Labute approximate surface area is 154 Å². The van der Waals surface area contributed by atoms with Gasteiger partial charge in [-0.05, 0) is 52.7 Å². The highest BCUT2D eigenvalue weighted by Gasteiger charge is 2.17. The van der Waals surface area contributed by atoms with E-state index >= 15 is 0 Å². The fraction of sp³-hybridized carbons (Fsp3) is 0.211. The van der Waals surface area contributed by atoms with Crippen LogP contribution in [-0.4, -0.2) is 19.2 Å². The second-order valence-electron chi connectivity index (χ2n) is 4.91. The molecule has 0 fully saturated rings. The Morgan fingerprint density at radius 3 is 2.60 bits per heavy atom. The van der Waals surface area contributed by atoms with Crippen molar-refractivity contribution in [3.8, 4) is 23.8 Å². The van der Waals surface area contributed by atoms with Gasteiger partial charge in [0.2, 0.25) is 0 Å². The first-order chi connectivity index (χ1) is 12.0. The normalized spacial score (nSPS) is 10.0. The molecule has 130 valence electrons. The van der Waals surface area contributed by atoms with Crippen molar-refractivity contribution >= 4 is 21.9 Å². The Morgan fingerprint density at radius 2 is 1.96 bits per heavy atom. The molecule has 0 radical (unpaired) electrons. The lowest BCUT2D eigenvalue weighted by atomic mass is 10.2. The predicted octanol–water partition coefficient (Wildman–Crippen LogP) is 4.36. The van der Waals surface area contributed by atoms with Crippen molar-refractivity contribution in [3.05, 3.63) is 57.8 Å². The van der Waals surface area contributed by atoms with Gasteiger partial charge in [0, 0.05) is 0 Å². The van der Waals surface area contributed by atoms with Gasteiger partial charge in [-0.2, -0.15) is 0 Å². The molecule has 0 aromatic heterocycles. The average molecular weight is 407 g/mol. The Balaban J connectivity index is 2.22. The fourth-order valence-electron chi connectivity index (χ4n) is 2.02. The van der Waals surface area contributed by atoms with Gasteiger partial charge in [0.15, 0.2) is 18.1 Å². The van der Waals surface area contributed by atoms with Crippen LogP contribution in [0.1, 0.15) is 22.8 Å². The molecule has 0 atom stereocenters. The van der Waals surface area contributed by atoms with E-state index in [9.17, 15) is 9.18 Å². The molecule has 0 bridgehead atoms. The van der Waals surface area contributed by atoms with Gasteiger partial charge in [0.1, 0.15) is 12.4 Å². The molecule has 0 unspecified atom stereocenters. The molecule has 2 aromatic carbocycles. The molecule has 0 spiro atoms. The number of benzene rings is 2. The van der Waals surface area contributed by atoms with Crippen molar-refractivity contribution in [2.24, 2.45) is 0 Å². The number of hydrogen-bond donors (Lipinski definition) is 0. The summed E-state index contributed by atoms with van der Waals surface area (Å²) in [6.45, 7) is 2.33. The Kier molecular flexibility index (Phi) is 6.84. The van der Waals surface area contributed by atoms with Gasteiger partial charge in [-0.15, -0.1) is 6.42 Å². The van der Waals surface area contributed by atoms with Crippen LogP contribution in [0.4, 0.5) is 4.39 Å². The van der Waals surface area contributed by atoms with E-state index in [-0.39, 0.29) is 19.0 Å². The highest BCUT2D eigenvalue weighted by atomic mass is 79.9. The summed E-state index contributed by atoms with van der Waals surface area (Å²) in [4.78, 5) is 12.0. The number of hydrogen-bond acceptors (Lipinski definition) is 4. The molecule has 2 rings (SSSR count). The van der Waals surface area contributed by atoms with Crippen LogP contribution in [-0.2, 0) is 11.3 Å². The lowest BCUT2D eigenvalue weighted by Gasteiger charge is -2.15. The van der Waals surface area contributed by atoms with Crippen molar-refractivity contribution < 1.29 is 23.4 Å². The highest BCUT2D eigenvalue weighted by molar-refractivity contribution is 9.10. The van der Waals surface area contributed by atoms with Crippen LogP contribution in [0.3, 0.4) is 0 Å². The van der Waals surface area contributed by atoms with Crippen LogP contribution in [0.15, 0.2) is 40.9 Å². The van der Waals surface area contributed by atoms with Crippen LogP contribution >= 0.6 is 15.9 Å². The number of ether oxygens (including phenoxy) is 3. The number of carbonyl (C=O) groups excluding carboxylic acids is 1. The molecular weight excluding hydrogens is 391 g/mol.